The molecular weight excluding hydrogens is 364 g/mol. The van der Waals surface area contributed by atoms with Crippen molar-refractivity contribution in [2.24, 2.45) is 11.5 Å². The van der Waals surface area contributed by atoms with E-state index in [2.05, 4.69) is 0 Å². The molecule has 8 heteroatoms. The average molecular weight is 381 g/mol. The van der Waals surface area contributed by atoms with Gasteiger partial charge in [0.25, 0.3) is 0 Å². The van der Waals surface area contributed by atoms with E-state index in [0.717, 1.165) is 11.1 Å². The molecule has 2 aromatic rings. The van der Waals surface area contributed by atoms with Crippen molar-refractivity contribution in [1.82, 2.24) is 0 Å². The SMILES string of the molecule is N=C(N)SCc1ccccc1Oc1cccc(Cl)c1CSC(=N)N. The van der Waals surface area contributed by atoms with Gasteiger partial charge in [-0.1, -0.05) is 59.4 Å². The Labute approximate surface area is 154 Å². The van der Waals surface area contributed by atoms with Gasteiger partial charge in [0, 0.05) is 27.7 Å². The largest absolute Gasteiger partial charge is 0.457 e. The summed E-state index contributed by atoms with van der Waals surface area (Å²) in [5.74, 6) is 2.30. The number of hydrogen-bond donors (Lipinski definition) is 4. The molecule has 0 radical (unpaired) electrons. The molecule has 5 nitrogen and oxygen atoms in total. The first-order valence-corrected chi connectivity index (χ1v) is 9.29. The van der Waals surface area contributed by atoms with Crippen LogP contribution in [0.5, 0.6) is 11.5 Å². The molecule has 126 valence electrons. The van der Waals surface area contributed by atoms with Crippen LogP contribution in [0.1, 0.15) is 11.1 Å². The zero-order valence-electron chi connectivity index (χ0n) is 12.7. The third-order valence-electron chi connectivity index (χ3n) is 3.02. The Morgan fingerprint density at radius 3 is 2.25 bits per heavy atom. The van der Waals surface area contributed by atoms with Crippen molar-refractivity contribution in [1.29, 1.82) is 10.8 Å². The molecule has 0 saturated heterocycles. The van der Waals surface area contributed by atoms with Crippen LogP contribution in [0, 0.1) is 10.8 Å². The lowest BCUT2D eigenvalue weighted by atomic mass is 10.2. The molecule has 0 spiro atoms. The second-order valence-electron chi connectivity index (χ2n) is 4.73. The molecule has 24 heavy (non-hydrogen) atoms. The first-order valence-electron chi connectivity index (χ1n) is 6.94. The quantitative estimate of drug-likeness (QED) is 0.439. The summed E-state index contributed by atoms with van der Waals surface area (Å²) in [4.78, 5) is 0. The van der Waals surface area contributed by atoms with Crippen molar-refractivity contribution in [3.63, 3.8) is 0 Å². The van der Waals surface area contributed by atoms with Gasteiger partial charge in [0.15, 0.2) is 10.3 Å². The molecule has 0 aliphatic rings. The maximum Gasteiger partial charge on any atom is 0.151 e. The number of para-hydroxylation sites is 1. The number of thioether (sulfide) groups is 2. The number of rotatable bonds is 6. The normalized spacial score (nSPS) is 10.4. The van der Waals surface area contributed by atoms with Gasteiger partial charge in [0.2, 0.25) is 0 Å². The number of amidine groups is 2. The Hall–Kier alpha value is -1.83. The van der Waals surface area contributed by atoms with E-state index < -0.39 is 0 Å². The van der Waals surface area contributed by atoms with Crippen LogP contribution in [0.3, 0.4) is 0 Å². The second kappa shape index (κ2) is 8.86. The van der Waals surface area contributed by atoms with Crippen LogP contribution >= 0.6 is 35.1 Å². The van der Waals surface area contributed by atoms with Gasteiger partial charge in [-0.05, 0) is 18.2 Å². The molecule has 0 saturated carbocycles. The third-order valence-corrected chi connectivity index (χ3v) is 4.89. The summed E-state index contributed by atoms with van der Waals surface area (Å²) < 4.78 is 6.05. The lowest BCUT2D eigenvalue weighted by Gasteiger charge is -2.15. The molecule has 0 aromatic heterocycles. The van der Waals surface area contributed by atoms with Crippen molar-refractivity contribution in [2.45, 2.75) is 11.5 Å². The fourth-order valence-corrected chi connectivity index (χ4v) is 3.38. The van der Waals surface area contributed by atoms with E-state index in [0.29, 0.717) is 28.0 Å². The summed E-state index contributed by atoms with van der Waals surface area (Å²) >= 11 is 8.69. The Morgan fingerprint density at radius 2 is 1.54 bits per heavy atom. The monoisotopic (exact) mass is 380 g/mol. The fourth-order valence-electron chi connectivity index (χ4n) is 1.92. The van der Waals surface area contributed by atoms with E-state index in [1.807, 2.05) is 36.4 Å². The predicted molar refractivity (Wildman–Crippen MR) is 104 cm³/mol. The summed E-state index contributed by atoms with van der Waals surface area (Å²) in [6, 6.07) is 13.0. The Morgan fingerprint density at radius 1 is 0.917 bits per heavy atom. The summed E-state index contributed by atoms with van der Waals surface area (Å²) in [5, 5.41) is 15.4. The zero-order chi connectivity index (χ0) is 17.5. The minimum absolute atomic E-state index is 0.0270. The van der Waals surface area contributed by atoms with Gasteiger partial charge in [-0.15, -0.1) is 0 Å². The molecule has 0 atom stereocenters. The Bertz CT molecular complexity index is 755. The first kappa shape index (κ1) is 18.5. The lowest BCUT2D eigenvalue weighted by Crippen LogP contribution is -2.05. The van der Waals surface area contributed by atoms with Crippen LogP contribution in [0.15, 0.2) is 42.5 Å². The minimum Gasteiger partial charge on any atom is -0.457 e. The van der Waals surface area contributed by atoms with Gasteiger partial charge in [-0.3, -0.25) is 10.8 Å². The minimum atomic E-state index is 0.0270. The molecule has 2 rings (SSSR count). The maximum absolute atomic E-state index is 7.36. The number of nitrogens with one attached hydrogen (secondary N) is 2. The average Bonchev–Trinajstić information content (AvgIpc) is 2.53. The van der Waals surface area contributed by atoms with Crippen LogP contribution < -0.4 is 16.2 Å². The van der Waals surface area contributed by atoms with E-state index in [9.17, 15) is 0 Å². The summed E-state index contributed by atoms with van der Waals surface area (Å²) in [6.07, 6.45) is 0. The number of halogens is 1. The topological polar surface area (TPSA) is 109 Å². The van der Waals surface area contributed by atoms with Crippen molar-refractivity contribution in [3.05, 3.63) is 58.6 Å². The lowest BCUT2D eigenvalue weighted by molar-refractivity contribution is 0.474. The van der Waals surface area contributed by atoms with E-state index >= 15 is 0 Å². The molecule has 0 amide bonds. The number of ether oxygens (including phenoxy) is 1. The fraction of sp³-hybridized carbons (Fsp3) is 0.125. The third kappa shape index (κ3) is 5.36. The van der Waals surface area contributed by atoms with Crippen LogP contribution in [0.2, 0.25) is 5.02 Å². The molecule has 0 unspecified atom stereocenters. The molecule has 0 aliphatic heterocycles. The maximum atomic E-state index is 7.36. The highest BCUT2D eigenvalue weighted by Gasteiger charge is 2.12. The van der Waals surface area contributed by atoms with Crippen molar-refractivity contribution >= 4 is 45.5 Å². The second-order valence-corrected chi connectivity index (χ2v) is 7.17. The van der Waals surface area contributed by atoms with Gasteiger partial charge in [-0.25, -0.2) is 0 Å². The van der Waals surface area contributed by atoms with Crippen LogP contribution in [0.25, 0.3) is 0 Å². The van der Waals surface area contributed by atoms with E-state index in [1.54, 1.807) is 6.07 Å². The highest BCUT2D eigenvalue weighted by molar-refractivity contribution is 8.13. The summed E-state index contributed by atoms with van der Waals surface area (Å²) in [7, 11) is 0. The van der Waals surface area contributed by atoms with Crippen LogP contribution in [0.4, 0.5) is 0 Å². The van der Waals surface area contributed by atoms with Crippen molar-refractivity contribution in [3.8, 4) is 11.5 Å². The molecular formula is C16H17ClN4OS2. The van der Waals surface area contributed by atoms with E-state index in [4.69, 9.17) is 38.6 Å². The summed E-state index contributed by atoms with van der Waals surface area (Å²) in [5.41, 5.74) is 12.5. The smallest absolute Gasteiger partial charge is 0.151 e. The van der Waals surface area contributed by atoms with Crippen molar-refractivity contribution < 1.29 is 4.74 Å². The number of benzene rings is 2. The van der Waals surface area contributed by atoms with E-state index in [1.165, 1.54) is 23.5 Å². The first-order chi connectivity index (χ1) is 11.5. The molecule has 0 bridgehead atoms. The zero-order valence-corrected chi connectivity index (χ0v) is 15.1. The molecule has 6 N–H and O–H groups in total. The highest BCUT2D eigenvalue weighted by Crippen LogP contribution is 2.35. The summed E-state index contributed by atoms with van der Waals surface area (Å²) in [6.45, 7) is 0. The van der Waals surface area contributed by atoms with Gasteiger partial charge >= 0.3 is 0 Å². The predicted octanol–water partition coefficient (Wildman–Crippen LogP) is 4.39. The molecule has 0 heterocycles. The molecule has 0 aliphatic carbocycles. The van der Waals surface area contributed by atoms with Gasteiger partial charge < -0.3 is 16.2 Å². The van der Waals surface area contributed by atoms with Gasteiger partial charge in [-0.2, -0.15) is 0 Å². The molecule has 0 fully saturated rings. The van der Waals surface area contributed by atoms with Crippen molar-refractivity contribution in [2.75, 3.05) is 0 Å². The van der Waals surface area contributed by atoms with E-state index in [-0.39, 0.29) is 10.3 Å². The molecule has 2 aromatic carbocycles. The van der Waals surface area contributed by atoms with Gasteiger partial charge in [0.1, 0.15) is 11.5 Å². The standard InChI is InChI=1S/C16H17ClN4OS2/c17-12-5-3-7-14(11(12)9-24-16(20)21)22-13-6-2-1-4-10(13)8-23-15(18)19/h1-7H,8-9H2,(H3,18,19)(H3,20,21). The van der Waals surface area contributed by atoms with Crippen LogP contribution in [-0.2, 0) is 11.5 Å². The Balaban J connectivity index is 2.26. The number of hydrogen-bond acceptors (Lipinski definition) is 5. The number of nitrogens with two attached hydrogens (primary N) is 2. The highest BCUT2D eigenvalue weighted by atomic mass is 35.5. The van der Waals surface area contributed by atoms with Gasteiger partial charge in [0.05, 0.1) is 0 Å². The van der Waals surface area contributed by atoms with Crippen LogP contribution in [-0.4, -0.2) is 10.3 Å². The Kier molecular flexibility index (Phi) is 6.84.